The van der Waals surface area contributed by atoms with Crippen molar-refractivity contribution in [2.75, 3.05) is 11.9 Å². The molecule has 0 fully saturated rings. The average molecular weight is 344 g/mol. The summed E-state index contributed by atoms with van der Waals surface area (Å²) in [6.45, 7) is 0.522. The highest BCUT2D eigenvalue weighted by Crippen LogP contribution is 2.17. The minimum atomic E-state index is -0.302. The van der Waals surface area contributed by atoms with Crippen molar-refractivity contribution in [2.45, 2.75) is 6.42 Å². The lowest BCUT2D eigenvalue weighted by Crippen LogP contribution is -2.30. The highest BCUT2D eigenvalue weighted by atomic mass is 79.9. The van der Waals surface area contributed by atoms with Crippen molar-refractivity contribution in [3.63, 3.8) is 0 Å². The van der Waals surface area contributed by atoms with Crippen LogP contribution in [0.25, 0.3) is 0 Å². The molecule has 0 bridgehead atoms. The Hall–Kier alpha value is -1.46. The van der Waals surface area contributed by atoms with Crippen LogP contribution in [-0.4, -0.2) is 12.6 Å². The van der Waals surface area contributed by atoms with Crippen LogP contribution in [0.1, 0.15) is 5.56 Å². The molecular weight excluding hydrogens is 332 g/mol. The predicted octanol–water partition coefficient (Wildman–Crippen LogP) is 4.06. The summed E-state index contributed by atoms with van der Waals surface area (Å²) < 4.78 is 5.73. The first-order valence-electron chi connectivity index (χ1n) is 5.68. The van der Waals surface area contributed by atoms with E-state index in [1.165, 1.54) is 0 Å². The molecule has 19 heavy (non-hydrogen) atoms. The first kappa shape index (κ1) is 14.0. The number of rotatable bonds is 4. The lowest BCUT2D eigenvalue weighted by atomic mass is 10.1. The molecule has 0 atom stereocenters. The van der Waals surface area contributed by atoms with E-state index in [9.17, 15) is 4.79 Å². The Morgan fingerprint density at radius 3 is 2.84 bits per heavy atom. The zero-order valence-electron chi connectivity index (χ0n) is 9.95. The number of nitrogens with one attached hydrogen (secondary N) is 2. The maximum Gasteiger partial charge on any atom is 0.321 e. The van der Waals surface area contributed by atoms with Gasteiger partial charge in [0.1, 0.15) is 0 Å². The monoisotopic (exact) mass is 342 g/mol. The zero-order valence-corrected chi connectivity index (χ0v) is 12.3. The molecule has 2 rings (SSSR count). The highest BCUT2D eigenvalue weighted by molar-refractivity contribution is 9.10. The lowest BCUT2D eigenvalue weighted by molar-refractivity contribution is 0.251. The van der Waals surface area contributed by atoms with Crippen LogP contribution >= 0.6 is 27.5 Å². The van der Waals surface area contributed by atoms with Gasteiger partial charge in [-0.15, -0.1) is 0 Å². The molecular formula is C13H12BrClN2O2. The van der Waals surface area contributed by atoms with Crippen LogP contribution in [0.2, 0.25) is 5.02 Å². The number of anilines is 1. The third-order valence-electron chi connectivity index (χ3n) is 2.40. The van der Waals surface area contributed by atoms with E-state index in [0.717, 1.165) is 12.0 Å². The molecule has 0 spiro atoms. The fourth-order valence-corrected chi connectivity index (χ4v) is 2.07. The van der Waals surface area contributed by atoms with Crippen LogP contribution in [0.3, 0.4) is 0 Å². The number of carbonyl (C=O) groups is 1. The molecule has 0 radical (unpaired) electrons. The van der Waals surface area contributed by atoms with Gasteiger partial charge in [0.25, 0.3) is 0 Å². The molecule has 100 valence electrons. The Kier molecular flexibility index (Phi) is 4.87. The van der Waals surface area contributed by atoms with E-state index in [-0.39, 0.29) is 6.03 Å². The van der Waals surface area contributed by atoms with E-state index < -0.39 is 0 Å². The van der Waals surface area contributed by atoms with Crippen molar-refractivity contribution in [2.24, 2.45) is 0 Å². The largest absolute Gasteiger partial charge is 0.434 e. The second kappa shape index (κ2) is 6.63. The summed E-state index contributed by atoms with van der Waals surface area (Å²) in [7, 11) is 0. The Bertz CT molecular complexity index is 571. The summed E-state index contributed by atoms with van der Waals surface area (Å²) in [5, 5.41) is 6.02. The molecule has 2 N–H and O–H groups in total. The van der Waals surface area contributed by atoms with Gasteiger partial charge in [0.05, 0.1) is 0 Å². The number of benzene rings is 1. The van der Waals surface area contributed by atoms with Crippen LogP contribution in [0.5, 0.6) is 0 Å². The number of furan rings is 1. The molecule has 0 saturated carbocycles. The normalized spacial score (nSPS) is 10.2. The summed E-state index contributed by atoms with van der Waals surface area (Å²) in [5.74, 6) is 0.395. The third-order valence-corrected chi connectivity index (χ3v) is 3.06. The van der Waals surface area contributed by atoms with Gasteiger partial charge in [0.15, 0.2) is 4.67 Å². The van der Waals surface area contributed by atoms with Crippen LogP contribution in [0.4, 0.5) is 10.7 Å². The Morgan fingerprint density at radius 1 is 1.32 bits per heavy atom. The van der Waals surface area contributed by atoms with E-state index in [0.29, 0.717) is 22.1 Å². The van der Waals surface area contributed by atoms with Crippen molar-refractivity contribution in [3.8, 4) is 0 Å². The van der Waals surface area contributed by atoms with Crippen LogP contribution < -0.4 is 10.6 Å². The summed E-state index contributed by atoms with van der Waals surface area (Å²) in [5.41, 5.74) is 1.08. The Labute approximate surface area is 124 Å². The maximum atomic E-state index is 11.6. The number of hydrogen-bond acceptors (Lipinski definition) is 2. The van der Waals surface area contributed by atoms with Gasteiger partial charge in [0, 0.05) is 17.6 Å². The van der Waals surface area contributed by atoms with Crippen LogP contribution in [0.15, 0.2) is 45.5 Å². The van der Waals surface area contributed by atoms with Gasteiger partial charge in [-0.25, -0.2) is 4.79 Å². The van der Waals surface area contributed by atoms with Gasteiger partial charge in [-0.2, -0.15) is 0 Å². The van der Waals surface area contributed by atoms with E-state index in [1.54, 1.807) is 12.1 Å². The average Bonchev–Trinajstić information content (AvgIpc) is 2.75. The quantitative estimate of drug-likeness (QED) is 0.879. The predicted molar refractivity (Wildman–Crippen MR) is 78.6 cm³/mol. The molecule has 1 heterocycles. The molecule has 6 heteroatoms. The molecule has 0 unspecified atom stereocenters. The molecule has 2 aromatic rings. The van der Waals surface area contributed by atoms with E-state index in [4.69, 9.17) is 16.0 Å². The van der Waals surface area contributed by atoms with Crippen molar-refractivity contribution in [3.05, 3.63) is 51.7 Å². The fraction of sp³-hybridized carbons (Fsp3) is 0.154. The van der Waals surface area contributed by atoms with E-state index in [2.05, 4.69) is 26.6 Å². The standard InChI is InChI=1S/C13H12BrClN2O2/c14-11-4-5-12(19-11)17-13(18)16-7-6-9-2-1-3-10(15)8-9/h1-5,8H,6-7H2,(H2,16,17,18). The number of amides is 2. The number of halogens is 2. The van der Waals surface area contributed by atoms with Gasteiger partial charge < -0.3 is 9.73 Å². The van der Waals surface area contributed by atoms with Gasteiger partial charge in [-0.05, 0) is 46.1 Å². The number of hydrogen-bond donors (Lipinski definition) is 2. The van der Waals surface area contributed by atoms with Gasteiger partial charge in [-0.1, -0.05) is 23.7 Å². The molecule has 0 aliphatic heterocycles. The Balaban J connectivity index is 1.75. The molecule has 0 saturated heterocycles. The summed E-state index contributed by atoms with van der Waals surface area (Å²) in [6, 6.07) is 10.6. The molecule has 1 aromatic heterocycles. The van der Waals surface area contributed by atoms with Crippen molar-refractivity contribution in [1.29, 1.82) is 0 Å². The van der Waals surface area contributed by atoms with Crippen LogP contribution in [-0.2, 0) is 6.42 Å². The zero-order chi connectivity index (χ0) is 13.7. The minimum absolute atomic E-state index is 0.302. The van der Waals surface area contributed by atoms with Gasteiger partial charge in [0.2, 0.25) is 5.88 Å². The first-order chi connectivity index (χ1) is 9.13. The summed E-state index contributed by atoms with van der Waals surface area (Å²) >= 11 is 9.04. The lowest BCUT2D eigenvalue weighted by Gasteiger charge is -2.05. The molecule has 4 nitrogen and oxygen atoms in total. The third kappa shape index (κ3) is 4.61. The molecule has 2 amide bonds. The van der Waals surface area contributed by atoms with E-state index in [1.807, 2.05) is 24.3 Å². The Morgan fingerprint density at radius 2 is 2.16 bits per heavy atom. The second-order valence-corrected chi connectivity index (χ2v) is 5.08. The highest BCUT2D eigenvalue weighted by Gasteiger charge is 2.04. The van der Waals surface area contributed by atoms with Crippen molar-refractivity contribution < 1.29 is 9.21 Å². The van der Waals surface area contributed by atoms with Gasteiger partial charge >= 0.3 is 6.03 Å². The molecule has 0 aliphatic carbocycles. The SMILES string of the molecule is O=C(NCCc1cccc(Cl)c1)Nc1ccc(Br)o1. The second-order valence-electron chi connectivity index (χ2n) is 3.86. The topological polar surface area (TPSA) is 54.3 Å². The fourth-order valence-electron chi connectivity index (χ4n) is 1.55. The molecule has 0 aliphatic rings. The van der Waals surface area contributed by atoms with Crippen LogP contribution in [0, 0.1) is 0 Å². The van der Waals surface area contributed by atoms with Gasteiger partial charge in [-0.3, -0.25) is 5.32 Å². The van der Waals surface area contributed by atoms with Crippen molar-refractivity contribution >= 4 is 39.4 Å². The smallest absolute Gasteiger partial charge is 0.321 e. The summed E-state index contributed by atoms with van der Waals surface area (Å²) in [6.07, 6.45) is 0.718. The maximum absolute atomic E-state index is 11.6. The van der Waals surface area contributed by atoms with Crippen molar-refractivity contribution in [1.82, 2.24) is 5.32 Å². The molecule has 1 aromatic carbocycles. The number of urea groups is 1. The summed E-state index contributed by atoms with van der Waals surface area (Å²) in [4.78, 5) is 11.6. The number of carbonyl (C=O) groups excluding carboxylic acids is 1. The first-order valence-corrected chi connectivity index (χ1v) is 6.85. The van der Waals surface area contributed by atoms with E-state index >= 15 is 0 Å². The minimum Gasteiger partial charge on any atom is -0.434 e.